The van der Waals surface area contributed by atoms with Crippen LogP contribution in [0.4, 0.5) is 0 Å². The van der Waals surface area contributed by atoms with E-state index in [-0.39, 0.29) is 17.4 Å². The van der Waals surface area contributed by atoms with Gasteiger partial charge in [-0.2, -0.15) is 0 Å². The Morgan fingerprint density at radius 1 is 1.43 bits per heavy atom. The first-order valence-electron chi connectivity index (χ1n) is 5.36. The normalized spacial score (nSPS) is 16.1. The van der Waals surface area contributed by atoms with Gasteiger partial charge in [-0.1, -0.05) is 27.7 Å². The average Bonchev–Trinajstić information content (AvgIpc) is 2.16. The summed E-state index contributed by atoms with van der Waals surface area (Å²) in [5.74, 6) is 0.444. The SMILES string of the molecule is CCC(C)(C)C(=O)NC(C)C(C)CN. The van der Waals surface area contributed by atoms with Crippen LogP contribution < -0.4 is 11.1 Å². The van der Waals surface area contributed by atoms with Crippen LogP contribution in [0.5, 0.6) is 0 Å². The monoisotopic (exact) mass is 200 g/mol. The zero-order valence-corrected chi connectivity index (χ0v) is 10.1. The van der Waals surface area contributed by atoms with Crippen LogP contribution in [-0.2, 0) is 4.79 Å². The molecule has 3 heteroatoms. The van der Waals surface area contributed by atoms with E-state index in [2.05, 4.69) is 5.32 Å². The number of amides is 1. The first-order valence-corrected chi connectivity index (χ1v) is 5.36. The van der Waals surface area contributed by atoms with Gasteiger partial charge in [-0.25, -0.2) is 0 Å². The third kappa shape index (κ3) is 3.66. The zero-order chi connectivity index (χ0) is 11.4. The van der Waals surface area contributed by atoms with Gasteiger partial charge in [0.15, 0.2) is 0 Å². The number of hydrogen-bond acceptors (Lipinski definition) is 2. The van der Waals surface area contributed by atoms with Crippen molar-refractivity contribution in [3.8, 4) is 0 Å². The second kappa shape index (κ2) is 5.35. The maximum absolute atomic E-state index is 11.8. The molecule has 0 rings (SSSR count). The molecule has 0 radical (unpaired) electrons. The molecule has 2 atom stereocenters. The van der Waals surface area contributed by atoms with Gasteiger partial charge < -0.3 is 11.1 Å². The fourth-order valence-electron chi connectivity index (χ4n) is 0.909. The molecule has 3 N–H and O–H groups in total. The molecule has 2 unspecified atom stereocenters. The lowest BCUT2D eigenvalue weighted by Crippen LogP contribution is -2.45. The second-order valence-corrected chi connectivity index (χ2v) is 4.71. The Kier molecular flexibility index (Phi) is 5.13. The average molecular weight is 200 g/mol. The van der Waals surface area contributed by atoms with E-state index in [4.69, 9.17) is 5.73 Å². The molecule has 3 nitrogen and oxygen atoms in total. The van der Waals surface area contributed by atoms with Crippen molar-refractivity contribution in [2.45, 2.75) is 47.1 Å². The van der Waals surface area contributed by atoms with Crippen molar-refractivity contribution in [2.24, 2.45) is 17.1 Å². The largest absolute Gasteiger partial charge is 0.353 e. The molecule has 14 heavy (non-hydrogen) atoms. The molecular formula is C11H24N2O. The molecule has 0 spiro atoms. The number of hydrogen-bond donors (Lipinski definition) is 2. The van der Waals surface area contributed by atoms with Gasteiger partial charge in [0, 0.05) is 11.5 Å². The smallest absolute Gasteiger partial charge is 0.225 e. The highest BCUT2D eigenvalue weighted by Gasteiger charge is 2.27. The number of rotatable bonds is 5. The predicted molar refractivity (Wildman–Crippen MR) is 59.9 cm³/mol. The van der Waals surface area contributed by atoms with Crippen molar-refractivity contribution >= 4 is 5.91 Å². The quantitative estimate of drug-likeness (QED) is 0.707. The number of carbonyl (C=O) groups is 1. The van der Waals surface area contributed by atoms with E-state index in [1.807, 2.05) is 34.6 Å². The summed E-state index contributed by atoms with van der Waals surface area (Å²) in [7, 11) is 0. The second-order valence-electron chi connectivity index (χ2n) is 4.71. The molecule has 0 saturated carbocycles. The van der Waals surface area contributed by atoms with Crippen molar-refractivity contribution in [3.63, 3.8) is 0 Å². The van der Waals surface area contributed by atoms with Gasteiger partial charge in [0.2, 0.25) is 5.91 Å². The van der Waals surface area contributed by atoms with Gasteiger partial charge in [0.05, 0.1) is 0 Å². The van der Waals surface area contributed by atoms with Crippen LogP contribution in [0.15, 0.2) is 0 Å². The Morgan fingerprint density at radius 2 is 1.93 bits per heavy atom. The lowest BCUT2D eigenvalue weighted by Gasteiger charge is -2.27. The van der Waals surface area contributed by atoms with Crippen LogP contribution >= 0.6 is 0 Å². The van der Waals surface area contributed by atoms with E-state index in [1.165, 1.54) is 0 Å². The van der Waals surface area contributed by atoms with Crippen molar-refractivity contribution in [3.05, 3.63) is 0 Å². The summed E-state index contributed by atoms with van der Waals surface area (Å²) in [5.41, 5.74) is 5.26. The molecule has 0 aliphatic heterocycles. The van der Waals surface area contributed by atoms with E-state index in [9.17, 15) is 4.79 Å². The predicted octanol–water partition coefficient (Wildman–Crippen LogP) is 1.52. The van der Waals surface area contributed by atoms with Gasteiger partial charge in [-0.05, 0) is 25.8 Å². The third-order valence-electron chi connectivity index (χ3n) is 3.08. The molecule has 84 valence electrons. The minimum atomic E-state index is -0.275. The Morgan fingerprint density at radius 3 is 2.29 bits per heavy atom. The molecule has 0 aliphatic carbocycles. The highest BCUT2D eigenvalue weighted by atomic mass is 16.2. The zero-order valence-electron chi connectivity index (χ0n) is 10.1. The highest BCUT2D eigenvalue weighted by Crippen LogP contribution is 2.20. The van der Waals surface area contributed by atoms with Crippen LogP contribution in [0.2, 0.25) is 0 Å². The summed E-state index contributed by atoms with van der Waals surface area (Å²) in [5, 5.41) is 3.00. The lowest BCUT2D eigenvalue weighted by molar-refractivity contribution is -0.130. The van der Waals surface area contributed by atoms with E-state index in [1.54, 1.807) is 0 Å². The van der Waals surface area contributed by atoms with E-state index in [0.717, 1.165) is 6.42 Å². The van der Waals surface area contributed by atoms with Crippen LogP contribution in [0, 0.1) is 11.3 Å². The summed E-state index contributed by atoms with van der Waals surface area (Å²) >= 11 is 0. The fraction of sp³-hybridized carbons (Fsp3) is 0.909. The van der Waals surface area contributed by atoms with Crippen molar-refractivity contribution in [2.75, 3.05) is 6.54 Å². The summed E-state index contributed by atoms with van der Waals surface area (Å²) in [6, 6.07) is 0.151. The molecule has 0 fully saturated rings. The molecule has 0 saturated heterocycles. The topological polar surface area (TPSA) is 55.1 Å². The Bertz CT molecular complexity index is 190. The first-order chi connectivity index (χ1) is 6.35. The van der Waals surface area contributed by atoms with E-state index >= 15 is 0 Å². The molecule has 0 heterocycles. The number of carbonyl (C=O) groups excluding carboxylic acids is 1. The summed E-state index contributed by atoms with van der Waals surface area (Å²) in [6.45, 7) is 10.6. The molecule has 0 aromatic carbocycles. The number of nitrogens with one attached hydrogen (secondary N) is 1. The first kappa shape index (κ1) is 13.4. The van der Waals surface area contributed by atoms with Gasteiger partial charge in [-0.15, -0.1) is 0 Å². The van der Waals surface area contributed by atoms with Crippen molar-refractivity contribution in [1.29, 1.82) is 0 Å². The highest BCUT2D eigenvalue weighted by molar-refractivity contribution is 5.81. The lowest BCUT2D eigenvalue weighted by atomic mass is 9.88. The molecule has 0 bridgehead atoms. The van der Waals surface area contributed by atoms with Gasteiger partial charge >= 0.3 is 0 Å². The Balaban J connectivity index is 4.19. The molecular weight excluding hydrogens is 176 g/mol. The fourth-order valence-corrected chi connectivity index (χ4v) is 0.909. The molecule has 0 aliphatic rings. The maximum atomic E-state index is 11.8. The number of nitrogens with two attached hydrogens (primary N) is 1. The van der Waals surface area contributed by atoms with Gasteiger partial charge in [-0.3, -0.25) is 4.79 Å². The van der Waals surface area contributed by atoms with Crippen molar-refractivity contribution in [1.82, 2.24) is 5.32 Å². The van der Waals surface area contributed by atoms with Crippen LogP contribution in [0.25, 0.3) is 0 Å². The Hall–Kier alpha value is -0.570. The summed E-state index contributed by atoms with van der Waals surface area (Å²) in [6.07, 6.45) is 0.850. The molecule has 0 aromatic heterocycles. The van der Waals surface area contributed by atoms with E-state index < -0.39 is 0 Å². The standard InChI is InChI=1S/C11H24N2O/c1-6-11(4,5)10(14)13-9(3)8(2)7-12/h8-9H,6-7,12H2,1-5H3,(H,13,14). The maximum Gasteiger partial charge on any atom is 0.225 e. The van der Waals surface area contributed by atoms with Crippen molar-refractivity contribution < 1.29 is 4.79 Å². The molecule has 0 aromatic rings. The van der Waals surface area contributed by atoms with Gasteiger partial charge in [0.1, 0.15) is 0 Å². The third-order valence-corrected chi connectivity index (χ3v) is 3.08. The molecule has 1 amide bonds. The summed E-state index contributed by atoms with van der Waals surface area (Å²) in [4.78, 5) is 11.8. The van der Waals surface area contributed by atoms with E-state index in [0.29, 0.717) is 12.5 Å². The Labute approximate surface area is 87.4 Å². The van der Waals surface area contributed by atoms with Crippen LogP contribution in [0.3, 0.4) is 0 Å². The van der Waals surface area contributed by atoms with Gasteiger partial charge in [0.25, 0.3) is 0 Å². The van der Waals surface area contributed by atoms with Crippen LogP contribution in [0.1, 0.15) is 41.0 Å². The summed E-state index contributed by atoms with van der Waals surface area (Å²) < 4.78 is 0. The minimum absolute atomic E-state index is 0.118. The van der Waals surface area contributed by atoms with Crippen LogP contribution in [-0.4, -0.2) is 18.5 Å². The minimum Gasteiger partial charge on any atom is -0.353 e.